The fourth-order valence-corrected chi connectivity index (χ4v) is 4.07. The molecule has 7 nitrogen and oxygen atoms in total. The third-order valence-corrected chi connectivity index (χ3v) is 6.08. The van der Waals surface area contributed by atoms with Crippen LogP contribution in [0.25, 0.3) is 5.69 Å². The molecular formula is C26H34N6O. The van der Waals surface area contributed by atoms with Gasteiger partial charge in [0.05, 0.1) is 11.8 Å². The molecule has 0 unspecified atom stereocenters. The molecule has 1 aromatic heterocycles. The molecule has 0 radical (unpaired) electrons. The molecule has 0 saturated carbocycles. The smallest absolute Gasteiger partial charge is 0.191 e. The highest BCUT2D eigenvalue weighted by atomic mass is 16.3. The molecule has 3 aromatic rings. The lowest BCUT2D eigenvalue weighted by molar-refractivity contribution is 0.0792. The third kappa shape index (κ3) is 6.91. The van der Waals surface area contributed by atoms with Crippen molar-refractivity contribution in [2.75, 3.05) is 26.7 Å². The van der Waals surface area contributed by atoms with Crippen LogP contribution in [-0.2, 0) is 19.5 Å². The summed E-state index contributed by atoms with van der Waals surface area (Å²) in [6, 6.07) is 19.1. The van der Waals surface area contributed by atoms with E-state index in [-0.39, 0.29) is 6.10 Å². The highest BCUT2D eigenvalue weighted by molar-refractivity contribution is 5.79. The van der Waals surface area contributed by atoms with Crippen LogP contribution in [0.15, 0.2) is 72.0 Å². The van der Waals surface area contributed by atoms with E-state index in [2.05, 4.69) is 74.2 Å². The molecule has 2 heterocycles. The first-order chi connectivity index (χ1) is 16.2. The van der Waals surface area contributed by atoms with Crippen molar-refractivity contribution in [2.24, 2.45) is 4.99 Å². The Kier molecular flexibility index (Phi) is 8.11. The highest BCUT2D eigenvalue weighted by Crippen LogP contribution is 2.14. The second kappa shape index (κ2) is 11.6. The number of aliphatic hydroxyl groups is 1. The van der Waals surface area contributed by atoms with Crippen molar-refractivity contribution in [3.63, 3.8) is 0 Å². The van der Waals surface area contributed by atoms with Crippen LogP contribution in [0.4, 0.5) is 0 Å². The summed E-state index contributed by atoms with van der Waals surface area (Å²) in [4.78, 5) is 6.75. The van der Waals surface area contributed by atoms with Gasteiger partial charge in [0.1, 0.15) is 0 Å². The third-order valence-electron chi connectivity index (χ3n) is 6.08. The average Bonchev–Trinajstić information content (AvgIpc) is 3.39. The molecule has 1 saturated heterocycles. The van der Waals surface area contributed by atoms with E-state index in [9.17, 15) is 5.11 Å². The zero-order chi connectivity index (χ0) is 22.9. The van der Waals surface area contributed by atoms with Gasteiger partial charge in [-0.15, -0.1) is 0 Å². The van der Waals surface area contributed by atoms with E-state index < -0.39 is 0 Å². The number of guanidine groups is 1. The Bertz CT molecular complexity index is 990. The van der Waals surface area contributed by atoms with Gasteiger partial charge in [-0.1, -0.05) is 36.4 Å². The standard InChI is InChI=1S/C26H34N6O/c1-27-26(28-15-11-21-7-9-24(10-8-21)32-16-2-14-30-32)29-19-22-3-5-23(6-4-22)20-31-17-12-25(33)13-18-31/h2-10,14,16,25,33H,11-13,15,17-20H2,1H3,(H2,27,28,29). The lowest BCUT2D eigenvalue weighted by Crippen LogP contribution is -2.37. The molecule has 174 valence electrons. The monoisotopic (exact) mass is 446 g/mol. The van der Waals surface area contributed by atoms with Crippen LogP contribution >= 0.6 is 0 Å². The van der Waals surface area contributed by atoms with Crippen LogP contribution in [0.3, 0.4) is 0 Å². The van der Waals surface area contributed by atoms with Gasteiger partial charge in [0.2, 0.25) is 0 Å². The Morgan fingerprint density at radius 1 is 1.00 bits per heavy atom. The predicted molar refractivity (Wildman–Crippen MR) is 132 cm³/mol. The van der Waals surface area contributed by atoms with E-state index in [0.717, 1.165) is 63.6 Å². The second-order valence-electron chi connectivity index (χ2n) is 8.54. The minimum absolute atomic E-state index is 0.120. The van der Waals surface area contributed by atoms with Gasteiger partial charge in [-0.3, -0.25) is 9.89 Å². The number of aromatic nitrogens is 2. The van der Waals surface area contributed by atoms with Crippen molar-refractivity contribution in [1.82, 2.24) is 25.3 Å². The van der Waals surface area contributed by atoms with Crippen LogP contribution < -0.4 is 10.6 Å². The number of nitrogens with zero attached hydrogens (tertiary/aromatic N) is 4. The summed E-state index contributed by atoms with van der Waals surface area (Å²) in [7, 11) is 1.80. The summed E-state index contributed by atoms with van der Waals surface area (Å²) in [6.07, 6.45) is 6.29. The van der Waals surface area contributed by atoms with Crippen molar-refractivity contribution >= 4 is 5.96 Å². The molecule has 4 rings (SSSR count). The topological polar surface area (TPSA) is 77.7 Å². The van der Waals surface area contributed by atoms with Crippen LogP contribution in [0, 0.1) is 0 Å². The van der Waals surface area contributed by atoms with Gasteiger partial charge in [-0.25, -0.2) is 4.68 Å². The highest BCUT2D eigenvalue weighted by Gasteiger charge is 2.16. The van der Waals surface area contributed by atoms with E-state index in [4.69, 9.17) is 0 Å². The molecule has 33 heavy (non-hydrogen) atoms. The largest absolute Gasteiger partial charge is 0.393 e. The number of aliphatic hydroxyl groups excluding tert-OH is 1. The second-order valence-corrected chi connectivity index (χ2v) is 8.54. The Morgan fingerprint density at radius 2 is 1.70 bits per heavy atom. The van der Waals surface area contributed by atoms with Gasteiger partial charge in [0, 0.05) is 52.2 Å². The summed E-state index contributed by atoms with van der Waals surface area (Å²) >= 11 is 0. The van der Waals surface area contributed by atoms with E-state index >= 15 is 0 Å². The first-order valence-corrected chi connectivity index (χ1v) is 11.7. The number of piperidine rings is 1. The van der Waals surface area contributed by atoms with Crippen LogP contribution in [0.5, 0.6) is 0 Å². The maximum atomic E-state index is 9.66. The summed E-state index contributed by atoms with van der Waals surface area (Å²) in [5, 5.41) is 20.7. The Balaban J connectivity index is 1.18. The summed E-state index contributed by atoms with van der Waals surface area (Å²) in [5.74, 6) is 0.805. The molecular weight excluding hydrogens is 412 g/mol. The number of hydrogen-bond donors (Lipinski definition) is 3. The van der Waals surface area contributed by atoms with Gasteiger partial charge >= 0.3 is 0 Å². The van der Waals surface area contributed by atoms with Gasteiger partial charge in [0.25, 0.3) is 0 Å². The lowest BCUT2D eigenvalue weighted by atomic mass is 10.1. The minimum Gasteiger partial charge on any atom is -0.393 e. The molecule has 3 N–H and O–H groups in total. The van der Waals surface area contributed by atoms with Crippen molar-refractivity contribution in [2.45, 2.75) is 38.5 Å². The molecule has 1 fully saturated rings. The van der Waals surface area contributed by atoms with Gasteiger partial charge < -0.3 is 15.7 Å². The molecule has 1 aliphatic rings. The summed E-state index contributed by atoms with van der Waals surface area (Å²) in [5.41, 5.74) is 4.88. The number of hydrogen-bond acceptors (Lipinski definition) is 4. The SMILES string of the molecule is CN=C(NCCc1ccc(-n2cccn2)cc1)NCc1ccc(CN2CCC(O)CC2)cc1. The van der Waals surface area contributed by atoms with E-state index in [1.165, 1.54) is 16.7 Å². The van der Waals surface area contributed by atoms with Gasteiger partial charge in [-0.05, 0) is 54.2 Å². The Hall–Kier alpha value is -3.16. The molecule has 0 amide bonds. The molecule has 0 atom stereocenters. The van der Waals surface area contributed by atoms with Gasteiger partial charge in [0.15, 0.2) is 5.96 Å². The quantitative estimate of drug-likeness (QED) is 0.366. The molecule has 0 spiro atoms. The minimum atomic E-state index is -0.120. The van der Waals surface area contributed by atoms with Crippen molar-refractivity contribution in [3.8, 4) is 5.69 Å². The van der Waals surface area contributed by atoms with E-state index in [1.54, 1.807) is 13.2 Å². The van der Waals surface area contributed by atoms with E-state index in [0.29, 0.717) is 0 Å². The maximum Gasteiger partial charge on any atom is 0.191 e. The number of rotatable bonds is 8. The number of likely N-dealkylation sites (tertiary alicyclic amines) is 1. The zero-order valence-electron chi connectivity index (χ0n) is 19.3. The summed E-state index contributed by atoms with van der Waals surface area (Å²) < 4.78 is 1.86. The van der Waals surface area contributed by atoms with E-state index in [1.807, 2.05) is 16.9 Å². The number of benzene rings is 2. The van der Waals surface area contributed by atoms with Crippen LogP contribution in [0.1, 0.15) is 29.5 Å². The Labute approximate surface area is 196 Å². The van der Waals surface area contributed by atoms with Crippen LogP contribution in [-0.4, -0.2) is 58.5 Å². The first kappa shape index (κ1) is 23.0. The normalized spacial score (nSPS) is 15.5. The lowest BCUT2D eigenvalue weighted by Gasteiger charge is -2.29. The fourth-order valence-electron chi connectivity index (χ4n) is 4.07. The molecule has 1 aliphatic heterocycles. The summed E-state index contributed by atoms with van der Waals surface area (Å²) in [6.45, 7) is 4.44. The molecule has 2 aromatic carbocycles. The number of aliphatic imine (C=N–C) groups is 1. The van der Waals surface area contributed by atoms with Gasteiger partial charge in [-0.2, -0.15) is 5.10 Å². The number of nitrogens with one attached hydrogen (secondary N) is 2. The molecule has 0 aliphatic carbocycles. The molecule has 7 heteroatoms. The predicted octanol–water partition coefficient (Wildman–Crippen LogP) is 2.74. The fraction of sp³-hybridized carbons (Fsp3) is 0.385. The Morgan fingerprint density at radius 3 is 2.36 bits per heavy atom. The van der Waals surface area contributed by atoms with Crippen molar-refractivity contribution in [1.29, 1.82) is 0 Å². The molecule has 0 bridgehead atoms. The average molecular weight is 447 g/mol. The zero-order valence-corrected chi connectivity index (χ0v) is 19.3. The van der Waals surface area contributed by atoms with Crippen LogP contribution in [0.2, 0.25) is 0 Å². The van der Waals surface area contributed by atoms with Crippen molar-refractivity contribution < 1.29 is 5.11 Å². The van der Waals surface area contributed by atoms with Crippen molar-refractivity contribution in [3.05, 3.63) is 83.7 Å². The first-order valence-electron chi connectivity index (χ1n) is 11.7. The maximum absolute atomic E-state index is 9.66.